The summed E-state index contributed by atoms with van der Waals surface area (Å²) >= 11 is 0. The highest BCUT2D eigenvalue weighted by Crippen LogP contribution is 2.65. The van der Waals surface area contributed by atoms with E-state index in [2.05, 4.69) is 5.32 Å². The van der Waals surface area contributed by atoms with Crippen LogP contribution in [-0.4, -0.2) is 92.3 Å². The first-order chi connectivity index (χ1) is 16.5. The molecule has 0 aliphatic heterocycles. The standard InChI is InChI=1S/C11H3F21O3S.C2H7N/c12-1(13)3(15,16)5(19,20)7(23,24)9(27,28)11(31,32)10(29,30)8(25,26)6(21,22)4(17,18)2(14)36(33,34)35;1-3-2/h1-2H,(H,33,34,35);3H,1-2H3. The third kappa shape index (κ3) is 5.51. The van der Waals surface area contributed by atoms with Gasteiger partial charge >= 0.3 is 69.8 Å². The average Bonchev–Trinajstić information content (AvgIpc) is 2.71. The maximum absolute atomic E-state index is 13.4. The second-order valence-electron chi connectivity index (χ2n) is 6.90. The smallest absolute Gasteiger partial charge is 0.323 e. The third-order valence-electron chi connectivity index (χ3n) is 4.02. The van der Waals surface area contributed by atoms with Crippen molar-refractivity contribution >= 4 is 10.1 Å². The van der Waals surface area contributed by atoms with E-state index in [4.69, 9.17) is 4.55 Å². The van der Waals surface area contributed by atoms with Crippen LogP contribution in [0.15, 0.2) is 0 Å². The summed E-state index contributed by atoms with van der Waals surface area (Å²) in [5.74, 6) is -79.1. The fraction of sp³-hybridized carbons (Fsp3) is 1.00. The van der Waals surface area contributed by atoms with Gasteiger partial charge in [-0.2, -0.15) is 87.4 Å². The predicted octanol–water partition coefficient (Wildman–Crippen LogP) is 5.99. The van der Waals surface area contributed by atoms with Gasteiger partial charge in [0, 0.05) is 0 Å². The Morgan fingerprint density at radius 2 is 0.667 bits per heavy atom. The average molecular weight is 659 g/mol. The molecule has 0 saturated carbocycles. The number of halogens is 21. The Kier molecular flexibility index (Phi) is 10.8. The SMILES string of the molecule is CNC.O=S(=O)(O)C(F)C(F)(F)C(F)(F)C(F)(F)C(F)(F)C(F)(F)C(F)(F)C(F)(F)C(F)(F)C(F)(F)C(F)F. The zero-order chi connectivity index (χ0) is 32.9. The quantitative estimate of drug-likeness (QED) is 0.212. The highest BCUT2D eigenvalue weighted by Gasteiger charge is 2.97. The number of nitrogens with one attached hydrogen (secondary N) is 1. The minimum Gasteiger partial charge on any atom is -0.323 e. The van der Waals surface area contributed by atoms with Gasteiger partial charge in [0.25, 0.3) is 5.50 Å². The molecule has 238 valence electrons. The van der Waals surface area contributed by atoms with Crippen LogP contribution in [0.1, 0.15) is 0 Å². The topological polar surface area (TPSA) is 66.4 Å². The Morgan fingerprint density at radius 3 is 0.846 bits per heavy atom. The van der Waals surface area contributed by atoms with Crippen molar-refractivity contribution in [3.8, 4) is 0 Å². The van der Waals surface area contributed by atoms with Gasteiger partial charge in [-0.1, -0.05) is 0 Å². The van der Waals surface area contributed by atoms with Crippen LogP contribution < -0.4 is 5.32 Å². The van der Waals surface area contributed by atoms with Gasteiger partial charge in [0.15, 0.2) is 0 Å². The Hall–Kier alpha value is -1.60. The van der Waals surface area contributed by atoms with E-state index in [-0.39, 0.29) is 0 Å². The molecule has 1 atom stereocenters. The van der Waals surface area contributed by atoms with Crippen molar-refractivity contribution in [2.75, 3.05) is 14.1 Å². The zero-order valence-electron chi connectivity index (χ0n) is 17.8. The fourth-order valence-electron chi connectivity index (χ4n) is 1.87. The Bertz CT molecular complexity index is 947. The normalized spacial score (nSPS) is 16.6. The van der Waals surface area contributed by atoms with E-state index in [1.165, 1.54) is 0 Å². The fourth-order valence-corrected chi connectivity index (χ4v) is 2.39. The second kappa shape index (κ2) is 10.7. The van der Waals surface area contributed by atoms with Crippen molar-refractivity contribution in [1.82, 2.24) is 5.32 Å². The molecule has 0 aromatic rings. The Morgan fingerprint density at radius 1 is 0.487 bits per heavy atom. The maximum Gasteiger partial charge on any atom is 0.385 e. The molecular formula is C13H10F21NO3S. The Balaban J connectivity index is 0. The summed E-state index contributed by atoms with van der Waals surface area (Å²) in [7, 11) is -3.61. The first-order valence-corrected chi connectivity index (χ1v) is 9.89. The first-order valence-electron chi connectivity index (χ1n) is 8.39. The molecule has 0 bridgehead atoms. The number of alkyl halides is 21. The van der Waals surface area contributed by atoms with E-state index < -0.39 is 75.4 Å². The van der Waals surface area contributed by atoms with Crippen molar-refractivity contribution in [2.24, 2.45) is 0 Å². The Labute approximate surface area is 201 Å². The second-order valence-corrected chi connectivity index (χ2v) is 8.34. The highest BCUT2D eigenvalue weighted by atomic mass is 32.2. The maximum atomic E-state index is 13.4. The summed E-state index contributed by atoms with van der Waals surface area (Å²) < 4.78 is 302. The van der Waals surface area contributed by atoms with Gasteiger partial charge in [-0.15, -0.1) is 0 Å². The molecule has 0 spiro atoms. The van der Waals surface area contributed by atoms with Crippen LogP contribution in [0, 0.1) is 0 Å². The molecule has 2 N–H and O–H groups in total. The third-order valence-corrected chi connectivity index (χ3v) is 4.84. The highest BCUT2D eigenvalue weighted by molar-refractivity contribution is 7.86. The molecule has 0 amide bonds. The van der Waals surface area contributed by atoms with E-state index in [1.54, 1.807) is 0 Å². The lowest BCUT2D eigenvalue weighted by molar-refractivity contribution is -0.465. The summed E-state index contributed by atoms with van der Waals surface area (Å²) in [6, 6.07) is 0. The van der Waals surface area contributed by atoms with Crippen molar-refractivity contribution in [3.05, 3.63) is 0 Å². The molecule has 0 rings (SSSR count). The lowest BCUT2D eigenvalue weighted by atomic mass is 9.86. The van der Waals surface area contributed by atoms with Crippen LogP contribution in [0.25, 0.3) is 0 Å². The summed E-state index contributed by atoms with van der Waals surface area (Å²) in [6.45, 7) is 0. The van der Waals surface area contributed by atoms with Crippen LogP contribution in [0.4, 0.5) is 92.2 Å². The predicted molar refractivity (Wildman–Crippen MR) is 82.0 cm³/mol. The number of rotatable bonds is 11. The molecular weight excluding hydrogens is 649 g/mol. The van der Waals surface area contributed by atoms with Crippen molar-refractivity contribution in [1.29, 1.82) is 0 Å². The lowest BCUT2D eigenvalue weighted by Gasteiger charge is -2.44. The van der Waals surface area contributed by atoms with Gasteiger partial charge in [-0.25, -0.2) is 13.2 Å². The molecule has 0 heterocycles. The van der Waals surface area contributed by atoms with Crippen molar-refractivity contribution in [3.63, 3.8) is 0 Å². The van der Waals surface area contributed by atoms with E-state index >= 15 is 0 Å². The summed E-state index contributed by atoms with van der Waals surface area (Å²) in [5, 5.41) is 2.75. The molecule has 0 aliphatic carbocycles. The van der Waals surface area contributed by atoms with Gasteiger partial charge in [0.1, 0.15) is 0 Å². The molecule has 0 radical (unpaired) electrons. The van der Waals surface area contributed by atoms with Crippen LogP contribution >= 0.6 is 0 Å². The molecule has 0 fully saturated rings. The van der Waals surface area contributed by atoms with Crippen LogP contribution in [0.5, 0.6) is 0 Å². The molecule has 0 aromatic carbocycles. The van der Waals surface area contributed by atoms with Gasteiger partial charge in [-0.05, 0) is 14.1 Å². The molecule has 4 nitrogen and oxygen atoms in total. The van der Waals surface area contributed by atoms with Crippen LogP contribution in [-0.2, 0) is 10.1 Å². The molecule has 0 aromatic heterocycles. The largest absolute Gasteiger partial charge is 0.385 e. The summed E-state index contributed by atoms with van der Waals surface area (Å²) in [4.78, 5) is 0. The molecule has 1 unspecified atom stereocenters. The summed E-state index contributed by atoms with van der Waals surface area (Å²) in [6.07, 6.45) is -6.20. The van der Waals surface area contributed by atoms with Crippen molar-refractivity contribution < 1.29 is 105 Å². The van der Waals surface area contributed by atoms with E-state index in [9.17, 15) is 101 Å². The monoisotopic (exact) mass is 659 g/mol. The first kappa shape index (κ1) is 39.5. The van der Waals surface area contributed by atoms with E-state index in [1.807, 2.05) is 14.1 Å². The summed E-state index contributed by atoms with van der Waals surface area (Å²) in [5.41, 5.74) is -6.16. The lowest BCUT2D eigenvalue weighted by Crippen LogP contribution is -2.77. The van der Waals surface area contributed by atoms with Gasteiger partial charge in [0.2, 0.25) is 0 Å². The van der Waals surface area contributed by atoms with Gasteiger partial charge in [0.05, 0.1) is 0 Å². The minimum atomic E-state index is -9.31. The number of hydrogen-bond donors (Lipinski definition) is 2. The van der Waals surface area contributed by atoms with E-state index in [0.29, 0.717) is 0 Å². The van der Waals surface area contributed by atoms with Gasteiger partial charge in [-0.3, -0.25) is 4.55 Å². The molecule has 0 saturated heterocycles. The molecule has 39 heavy (non-hydrogen) atoms. The van der Waals surface area contributed by atoms with Crippen LogP contribution in [0.2, 0.25) is 0 Å². The van der Waals surface area contributed by atoms with E-state index in [0.717, 1.165) is 0 Å². The number of hydrogen-bond acceptors (Lipinski definition) is 3. The molecule has 26 heteroatoms. The van der Waals surface area contributed by atoms with Crippen molar-refractivity contribution in [2.45, 2.75) is 65.2 Å². The minimum absolute atomic E-state index is 1.88. The molecule has 0 aliphatic rings. The van der Waals surface area contributed by atoms with Crippen LogP contribution in [0.3, 0.4) is 0 Å². The zero-order valence-corrected chi connectivity index (χ0v) is 18.6. The van der Waals surface area contributed by atoms with Gasteiger partial charge < -0.3 is 5.32 Å².